The molecule has 182 valence electrons. The van der Waals surface area contributed by atoms with Gasteiger partial charge in [-0.2, -0.15) is 15.0 Å². The lowest BCUT2D eigenvalue weighted by Gasteiger charge is -2.47. The van der Waals surface area contributed by atoms with Crippen LogP contribution in [0.2, 0.25) is 0 Å². The molecule has 12 heteroatoms. The molecular weight excluding hydrogens is 448 g/mol. The number of nitrogens with zero attached hydrogens (tertiary/aromatic N) is 6. The molecule has 2 aromatic rings. The molecule has 4 fully saturated rings. The molecule has 0 amide bonds. The van der Waals surface area contributed by atoms with Crippen molar-refractivity contribution in [2.75, 3.05) is 55.2 Å². The molecule has 6 rings (SSSR count). The smallest absolute Gasteiger partial charge is 0.264 e. The predicted octanol–water partition coefficient (Wildman–Crippen LogP) is 1.82. The molecule has 10 nitrogen and oxygen atoms in total. The number of nitrogens with two attached hydrogens (primary N) is 1. The Morgan fingerprint density at radius 1 is 0.824 bits per heavy atom. The Labute approximate surface area is 195 Å². The number of pyridine rings is 1. The third kappa shape index (κ3) is 3.83. The molecule has 2 aromatic heterocycles. The van der Waals surface area contributed by atoms with Crippen molar-refractivity contribution in [2.24, 2.45) is 0 Å². The van der Waals surface area contributed by atoms with Crippen molar-refractivity contribution in [3.05, 3.63) is 17.8 Å². The molecule has 0 radical (unpaired) electrons. The molecule has 2 atom stereocenters. The average molecular weight is 476 g/mol. The van der Waals surface area contributed by atoms with Gasteiger partial charge in [-0.05, 0) is 25.3 Å². The highest BCUT2D eigenvalue weighted by Gasteiger charge is 2.40. The van der Waals surface area contributed by atoms with Crippen LogP contribution in [0.25, 0.3) is 11.4 Å². The van der Waals surface area contributed by atoms with E-state index in [1.807, 2.05) is 0 Å². The van der Waals surface area contributed by atoms with Gasteiger partial charge in [-0.3, -0.25) is 0 Å². The third-order valence-corrected chi connectivity index (χ3v) is 7.02. The monoisotopic (exact) mass is 475 g/mol. The van der Waals surface area contributed by atoms with Crippen LogP contribution in [0.1, 0.15) is 31.3 Å². The summed E-state index contributed by atoms with van der Waals surface area (Å²) < 4.78 is 45.2. The van der Waals surface area contributed by atoms with Crippen LogP contribution in [0, 0.1) is 0 Å². The quantitative estimate of drug-likeness (QED) is 0.703. The SMILES string of the molecule is Nc1cc(C(F)F)c(-c2nc(N3C4CCCC3COC4)nc(N3C4COCC3COC4)n2)cn1. The highest BCUT2D eigenvalue weighted by molar-refractivity contribution is 5.64. The molecule has 4 bridgehead atoms. The number of ether oxygens (including phenoxy) is 3. The molecule has 0 spiro atoms. The van der Waals surface area contributed by atoms with E-state index in [0.717, 1.165) is 19.3 Å². The minimum Gasteiger partial charge on any atom is -0.384 e. The van der Waals surface area contributed by atoms with Crippen LogP contribution in [-0.2, 0) is 14.2 Å². The number of hydrogen-bond donors (Lipinski definition) is 1. The number of anilines is 3. The second kappa shape index (κ2) is 8.82. The van der Waals surface area contributed by atoms with Crippen molar-refractivity contribution in [1.82, 2.24) is 19.9 Å². The van der Waals surface area contributed by atoms with Crippen LogP contribution in [-0.4, -0.2) is 83.7 Å². The summed E-state index contributed by atoms with van der Waals surface area (Å²) in [5, 5.41) is 0. The molecule has 0 aromatic carbocycles. The first kappa shape index (κ1) is 21.8. The minimum atomic E-state index is -2.75. The number of nitrogen functional groups attached to an aromatic ring is 1. The zero-order valence-electron chi connectivity index (χ0n) is 18.6. The summed E-state index contributed by atoms with van der Waals surface area (Å²) in [5.41, 5.74) is 5.61. The van der Waals surface area contributed by atoms with E-state index in [-0.39, 0.29) is 46.9 Å². The van der Waals surface area contributed by atoms with Crippen LogP contribution < -0.4 is 15.5 Å². The average Bonchev–Trinajstić information content (AvgIpc) is 2.82. The number of morpholine rings is 3. The van der Waals surface area contributed by atoms with Gasteiger partial charge in [0.25, 0.3) is 6.43 Å². The van der Waals surface area contributed by atoms with Crippen LogP contribution in [0.5, 0.6) is 0 Å². The molecular formula is C22H27F2N7O3. The number of alkyl halides is 2. The minimum absolute atomic E-state index is 0.0242. The lowest BCUT2D eigenvalue weighted by atomic mass is 9.95. The van der Waals surface area contributed by atoms with Gasteiger partial charge >= 0.3 is 0 Å². The van der Waals surface area contributed by atoms with E-state index < -0.39 is 6.43 Å². The van der Waals surface area contributed by atoms with Crippen molar-refractivity contribution >= 4 is 17.7 Å². The summed E-state index contributed by atoms with van der Waals surface area (Å²) in [4.78, 5) is 22.7. The fourth-order valence-corrected chi connectivity index (χ4v) is 5.44. The fraction of sp³-hybridized carbons (Fsp3) is 0.636. The molecule has 0 aliphatic carbocycles. The highest BCUT2D eigenvalue weighted by atomic mass is 19.3. The van der Waals surface area contributed by atoms with Gasteiger partial charge in [-0.15, -0.1) is 0 Å². The second-order valence-electron chi connectivity index (χ2n) is 9.23. The Hall–Kier alpha value is -2.70. The van der Waals surface area contributed by atoms with Crippen molar-refractivity contribution in [3.63, 3.8) is 0 Å². The van der Waals surface area contributed by atoms with Crippen LogP contribution in [0.4, 0.5) is 26.5 Å². The fourth-order valence-electron chi connectivity index (χ4n) is 5.44. The van der Waals surface area contributed by atoms with E-state index in [0.29, 0.717) is 51.5 Å². The Kier molecular flexibility index (Phi) is 5.66. The second-order valence-corrected chi connectivity index (χ2v) is 9.23. The molecule has 4 saturated heterocycles. The maximum absolute atomic E-state index is 14.0. The van der Waals surface area contributed by atoms with Gasteiger partial charge < -0.3 is 29.7 Å². The Morgan fingerprint density at radius 3 is 1.91 bits per heavy atom. The summed E-state index contributed by atoms with van der Waals surface area (Å²) >= 11 is 0. The van der Waals surface area contributed by atoms with E-state index in [1.54, 1.807) is 0 Å². The summed E-state index contributed by atoms with van der Waals surface area (Å²) in [7, 11) is 0. The summed E-state index contributed by atoms with van der Waals surface area (Å²) in [5.74, 6) is 1.12. The Morgan fingerprint density at radius 2 is 1.35 bits per heavy atom. The Bertz CT molecular complexity index is 967. The van der Waals surface area contributed by atoms with E-state index in [2.05, 4.69) is 14.8 Å². The molecule has 34 heavy (non-hydrogen) atoms. The Balaban J connectivity index is 1.50. The van der Waals surface area contributed by atoms with Gasteiger partial charge in [0.15, 0.2) is 5.82 Å². The summed E-state index contributed by atoms with van der Waals surface area (Å²) in [6.07, 6.45) is 1.62. The van der Waals surface area contributed by atoms with Gasteiger partial charge in [-0.25, -0.2) is 13.8 Å². The van der Waals surface area contributed by atoms with Crippen molar-refractivity contribution in [3.8, 4) is 11.4 Å². The van der Waals surface area contributed by atoms with Crippen LogP contribution in [0.15, 0.2) is 12.3 Å². The number of piperidine rings is 1. The lowest BCUT2D eigenvalue weighted by molar-refractivity contribution is -0.0355. The van der Waals surface area contributed by atoms with Crippen molar-refractivity contribution < 1.29 is 23.0 Å². The number of fused-ring (bicyclic) bond motifs is 4. The highest BCUT2D eigenvalue weighted by Crippen LogP contribution is 2.36. The molecule has 2 unspecified atom stereocenters. The van der Waals surface area contributed by atoms with Gasteiger partial charge in [-0.1, -0.05) is 0 Å². The first-order valence-corrected chi connectivity index (χ1v) is 11.7. The lowest BCUT2D eigenvalue weighted by Crippen LogP contribution is -2.60. The first-order valence-electron chi connectivity index (χ1n) is 11.7. The number of aromatic nitrogens is 4. The van der Waals surface area contributed by atoms with Gasteiger partial charge in [0.1, 0.15) is 5.82 Å². The maximum atomic E-state index is 14.0. The predicted molar refractivity (Wildman–Crippen MR) is 119 cm³/mol. The van der Waals surface area contributed by atoms with Crippen molar-refractivity contribution in [1.29, 1.82) is 0 Å². The third-order valence-electron chi connectivity index (χ3n) is 7.02. The topological polar surface area (TPSA) is 112 Å². The van der Waals surface area contributed by atoms with Crippen LogP contribution >= 0.6 is 0 Å². The largest absolute Gasteiger partial charge is 0.384 e. The van der Waals surface area contributed by atoms with Gasteiger partial charge in [0.2, 0.25) is 11.9 Å². The van der Waals surface area contributed by atoms with E-state index >= 15 is 0 Å². The van der Waals surface area contributed by atoms with Gasteiger partial charge in [0.05, 0.1) is 63.8 Å². The van der Waals surface area contributed by atoms with Crippen LogP contribution in [0.3, 0.4) is 0 Å². The van der Waals surface area contributed by atoms with E-state index in [4.69, 9.17) is 34.9 Å². The number of hydrogen-bond acceptors (Lipinski definition) is 10. The van der Waals surface area contributed by atoms with E-state index in [1.165, 1.54) is 12.3 Å². The van der Waals surface area contributed by atoms with E-state index in [9.17, 15) is 8.78 Å². The summed E-state index contributed by atoms with van der Waals surface area (Å²) in [6.45, 7) is 3.13. The molecule has 0 saturated carbocycles. The standard InChI is InChI=1S/C22H27F2N7O3/c23-19(24)16-4-18(25)26-5-17(16)20-27-21(30-12-2-1-3-13(30)7-32-6-12)29-22(28-20)31-14-8-33-10-15(31)11-34-9-14/h4-5,12-15,19H,1-3,6-11H2,(H2,25,26). The zero-order chi connectivity index (χ0) is 23.2. The number of halogens is 2. The summed E-state index contributed by atoms with van der Waals surface area (Å²) in [6, 6.07) is 1.35. The molecule has 4 aliphatic heterocycles. The first-order chi connectivity index (χ1) is 16.6. The molecule has 6 heterocycles. The van der Waals surface area contributed by atoms with Crippen molar-refractivity contribution in [2.45, 2.75) is 49.9 Å². The normalized spacial score (nSPS) is 28.9. The van der Waals surface area contributed by atoms with Gasteiger partial charge in [0, 0.05) is 17.3 Å². The maximum Gasteiger partial charge on any atom is 0.264 e. The number of rotatable bonds is 4. The zero-order valence-corrected chi connectivity index (χ0v) is 18.6. The molecule has 2 N–H and O–H groups in total. The molecule has 4 aliphatic rings.